The SMILES string of the molecule is CCNC(=O)CN(CC)[C@H](C(=O)Nc1ccc(F)cc1)c1ccccc1. The number of hydrogen-bond acceptors (Lipinski definition) is 3. The Morgan fingerprint density at radius 1 is 1.04 bits per heavy atom. The predicted molar refractivity (Wildman–Crippen MR) is 100 cm³/mol. The summed E-state index contributed by atoms with van der Waals surface area (Å²) in [6.45, 7) is 4.92. The van der Waals surface area contributed by atoms with Gasteiger partial charge >= 0.3 is 0 Å². The van der Waals surface area contributed by atoms with Crippen LogP contribution in [0.2, 0.25) is 0 Å². The van der Waals surface area contributed by atoms with Crippen LogP contribution in [0.3, 0.4) is 0 Å². The highest BCUT2D eigenvalue weighted by atomic mass is 19.1. The van der Waals surface area contributed by atoms with Crippen molar-refractivity contribution in [1.82, 2.24) is 10.2 Å². The van der Waals surface area contributed by atoms with E-state index in [1.54, 1.807) is 4.90 Å². The van der Waals surface area contributed by atoms with Crippen LogP contribution < -0.4 is 10.6 Å². The van der Waals surface area contributed by atoms with Crippen molar-refractivity contribution in [2.45, 2.75) is 19.9 Å². The van der Waals surface area contributed by atoms with Gasteiger partial charge in [0.25, 0.3) is 0 Å². The maximum absolute atomic E-state index is 13.1. The van der Waals surface area contributed by atoms with E-state index >= 15 is 0 Å². The number of benzene rings is 2. The molecule has 0 fully saturated rings. The first-order valence-electron chi connectivity index (χ1n) is 8.67. The first-order chi connectivity index (χ1) is 12.5. The molecule has 2 amide bonds. The van der Waals surface area contributed by atoms with E-state index in [0.717, 1.165) is 5.56 Å². The van der Waals surface area contributed by atoms with Crippen molar-refractivity contribution in [3.63, 3.8) is 0 Å². The lowest BCUT2D eigenvalue weighted by molar-refractivity contribution is -0.126. The Balaban J connectivity index is 2.26. The minimum atomic E-state index is -0.631. The van der Waals surface area contributed by atoms with E-state index in [0.29, 0.717) is 18.8 Å². The smallest absolute Gasteiger partial charge is 0.246 e. The second-order valence-corrected chi connectivity index (χ2v) is 5.83. The number of nitrogens with zero attached hydrogens (tertiary/aromatic N) is 1. The molecule has 0 saturated carbocycles. The fraction of sp³-hybridized carbons (Fsp3) is 0.300. The zero-order chi connectivity index (χ0) is 18.9. The van der Waals surface area contributed by atoms with E-state index in [9.17, 15) is 14.0 Å². The number of nitrogens with one attached hydrogen (secondary N) is 2. The topological polar surface area (TPSA) is 61.4 Å². The van der Waals surface area contributed by atoms with Gasteiger partial charge in [-0.15, -0.1) is 0 Å². The van der Waals surface area contributed by atoms with Crippen molar-refractivity contribution in [2.75, 3.05) is 25.0 Å². The molecule has 0 heterocycles. The van der Waals surface area contributed by atoms with Crippen LogP contribution in [0.25, 0.3) is 0 Å². The normalized spacial score (nSPS) is 11.8. The van der Waals surface area contributed by atoms with E-state index in [-0.39, 0.29) is 24.2 Å². The average molecular weight is 357 g/mol. The molecule has 26 heavy (non-hydrogen) atoms. The second kappa shape index (κ2) is 9.68. The number of rotatable bonds is 8. The summed E-state index contributed by atoms with van der Waals surface area (Å²) in [6, 6.07) is 14.3. The molecule has 2 aromatic carbocycles. The third kappa shape index (κ3) is 5.39. The van der Waals surface area contributed by atoms with Gasteiger partial charge in [-0.1, -0.05) is 37.3 Å². The maximum atomic E-state index is 13.1. The molecule has 0 saturated heterocycles. The monoisotopic (exact) mass is 357 g/mol. The Hall–Kier alpha value is -2.73. The summed E-state index contributed by atoms with van der Waals surface area (Å²) in [5.41, 5.74) is 1.30. The van der Waals surface area contributed by atoms with Crippen LogP contribution in [0, 0.1) is 5.82 Å². The van der Waals surface area contributed by atoms with Crippen molar-refractivity contribution >= 4 is 17.5 Å². The Labute approximate surface area is 153 Å². The zero-order valence-electron chi connectivity index (χ0n) is 15.0. The van der Waals surface area contributed by atoms with E-state index in [1.807, 2.05) is 44.2 Å². The third-order valence-electron chi connectivity index (χ3n) is 3.97. The predicted octanol–water partition coefficient (Wildman–Crippen LogP) is 2.96. The van der Waals surface area contributed by atoms with Gasteiger partial charge in [-0.25, -0.2) is 4.39 Å². The number of carbonyl (C=O) groups is 2. The molecule has 5 nitrogen and oxygen atoms in total. The summed E-state index contributed by atoms with van der Waals surface area (Å²) in [4.78, 5) is 26.8. The van der Waals surface area contributed by atoms with Gasteiger partial charge in [-0.05, 0) is 43.3 Å². The van der Waals surface area contributed by atoms with E-state index in [4.69, 9.17) is 0 Å². The Bertz CT molecular complexity index is 720. The summed E-state index contributed by atoms with van der Waals surface area (Å²) in [5, 5.41) is 5.57. The molecule has 0 unspecified atom stereocenters. The Morgan fingerprint density at radius 2 is 1.69 bits per heavy atom. The summed E-state index contributed by atoms with van der Waals surface area (Å²) in [5.74, 6) is -0.771. The van der Waals surface area contributed by atoms with Gasteiger partial charge in [0.1, 0.15) is 11.9 Å². The van der Waals surface area contributed by atoms with Gasteiger partial charge in [0.15, 0.2) is 0 Å². The highest BCUT2D eigenvalue weighted by Crippen LogP contribution is 2.23. The number of likely N-dealkylation sites (N-methyl/N-ethyl adjacent to an activating group) is 2. The Morgan fingerprint density at radius 3 is 2.27 bits per heavy atom. The summed E-state index contributed by atoms with van der Waals surface area (Å²) < 4.78 is 13.1. The Kier molecular flexibility index (Phi) is 7.29. The van der Waals surface area contributed by atoms with Gasteiger partial charge in [-0.2, -0.15) is 0 Å². The molecule has 0 aliphatic rings. The molecule has 0 radical (unpaired) electrons. The van der Waals surface area contributed by atoms with Gasteiger partial charge in [0.2, 0.25) is 11.8 Å². The molecule has 0 spiro atoms. The third-order valence-corrected chi connectivity index (χ3v) is 3.97. The van der Waals surface area contributed by atoms with Crippen LogP contribution >= 0.6 is 0 Å². The van der Waals surface area contributed by atoms with Gasteiger partial charge in [0, 0.05) is 12.2 Å². The highest BCUT2D eigenvalue weighted by molar-refractivity contribution is 5.96. The molecular weight excluding hydrogens is 333 g/mol. The number of anilines is 1. The molecule has 6 heteroatoms. The molecule has 138 valence electrons. The van der Waals surface area contributed by atoms with Crippen molar-refractivity contribution in [3.05, 3.63) is 66.0 Å². The largest absolute Gasteiger partial charge is 0.355 e. The lowest BCUT2D eigenvalue weighted by Crippen LogP contribution is -2.43. The number of halogens is 1. The summed E-state index contributed by atoms with van der Waals surface area (Å²) in [6.07, 6.45) is 0. The standard InChI is InChI=1S/C20H24FN3O2/c1-3-22-18(25)14-24(4-2)19(15-8-6-5-7-9-15)20(26)23-17-12-10-16(21)11-13-17/h5-13,19H,3-4,14H2,1-2H3,(H,22,25)(H,23,26)/t19-/m0/s1. The maximum Gasteiger partial charge on any atom is 0.246 e. The summed E-state index contributed by atoms with van der Waals surface area (Å²) >= 11 is 0. The second-order valence-electron chi connectivity index (χ2n) is 5.83. The van der Waals surface area contributed by atoms with Crippen LogP contribution in [-0.4, -0.2) is 36.3 Å². The zero-order valence-corrected chi connectivity index (χ0v) is 15.0. The van der Waals surface area contributed by atoms with Gasteiger partial charge in [0.05, 0.1) is 6.54 Å². The first-order valence-corrected chi connectivity index (χ1v) is 8.67. The van der Waals surface area contributed by atoms with Crippen LogP contribution in [0.1, 0.15) is 25.5 Å². The molecular formula is C20H24FN3O2. The molecule has 2 aromatic rings. The molecule has 0 bridgehead atoms. The minimum Gasteiger partial charge on any atom is -0.355 e. The van der Waals surface area contributed by atoms with Crippen LogP contribution in [0.15, 0.2) is 54.6 Å². The lowest BCUT2D eigenvalue weighted by atomic mass is 10.0. The fourth-order valence-electron chi connectivity index (χ4n) is 2.73. The van der Waals surface area contributed by atoms with Gasteiger partial charge < -0.3 is 10.6 Å². The summed E-state index contributed by atoms with van der Waals surface area (Å²) in [7, 11) is 0. The highest BCUT2D eigenvalue weighted by Gasteiger charge is 2.28. The average Bonchev–Trinajstić information content (AvgIpc) is 2.64. The number of carbonyl (C=O) groups excluding carboxylic acids is 2. The lowest BCUT2D eigenvalue weighted by Gasteiger charge is -2.29. The van der Waals surface area contributed by atoms with Crippen molar-refractivity contribution in [2.24, 2.45) is 0 Å². The quantitative estimate of drug-likeness (QED) is 0.764. The van der Waals surface area contributed by atoms with Crippen LogP contribution in [0.4, 0.5) is 10.1 Å². The minimum absolute atomic E-state index is 0.112. The van der Waals surface area contributed by atoms with E-state index in [2.05, 4.69) is 10.6 Å². The molecule has 2 N–H and O–H groups in total. The van der Waals surface area contributed by atoms with Gasteiger partial charge in [-0.3, -0.25) is 14.5 Å². The van der Waals surface area contributed by atoms with Crippen molar-refractivity contribution in [3.8, 4) is 0 Å². The fourth-order valence-corrected chi connectivity index (χ4v) is 2.73. The van der Waals surface area contributed by atoms with E-state index in [1.165, 1.54) is 24.3 Å². The van der Waals surface area contributed by atoms with Crippen molar-refractivity contribution < 1.29 is 14.0 Å². The molecule has 2 rings (SSSR count). The van der Waals surface area contributed by atoms with Crippen molar-refractivity contribution in [1.29, 1.82) is 0 Å². The van der Waals surface area contributed by atoms with E-state index < -0.39 is 6.04 Å². The van der Waals surface area contributed by atoms with Crippen LogP contribution in [0.5, 0.6) is 0 Å². The first kappa shape index (κ1) is 19.6. The number of hydrogen-bond donors (Lipinski definition) is 2. The molecule has 0 aromatic heterocycles. The number of amides is 2. The van der Waals surface area contributed by atoms with Crippen LogP contribution in [-0.2, 0) is 9.59 Å². The molecule has 0 aliphatic carbocycles. The molecule has 0 aliphatic heterocycles. The molecule has 1 atom stereocenters.